The number of carbonyl (C=O) groups is 1. The number of carbonyl (C=O) groups excluding carboxylic acids is 1. The van der Waals surface area contributed by atoms with Crippen LogP contribution in [0, 0.1) is 5.92 Å². The Morgan fingerprint density at radius 2 is 1.47 bits per heavy atom. The Labute approximate surface area is 176 Å². The van der Waals surface area contributed by atoms with Crippen LogP contribution in [0.15, 0.2) is 54.9 Å². The highest BCUT2D eigenvalue weighted by atomic mass is 16.5. The van der Waals surface area contributed by atoms with E-state index in [0.29, 0.717) is 12.4 Å². The van der Waals surface area contributed by atoms with Gasteiger partial charge >= 0.3 is 0 Å². The van der Waals surface area contributed by atoms with E-state index in [2.05, 4.69) is 10.1 Å². The zero-order chi connectivity index (χ0) is 21.3. The molecule has 3 aromatic rings. The van der Waals surface area contributed by atoms with E-state index in [9.17, 15) is 4.79 Å². The number of aromatic nitrogens is 3. The van der Waals surface area contributed by atoms with Crippen LogP contribution >= 0.6 is 0 Å². The van der Waals surface area contributed by atoms with E-state index in [4.69, 9.17) is 9.47 Å². The smallest absolute Gasteiger partial charge is 0.232 e. The molecule has 0 aliphatic carbocycles. The van der Waals surface area contributed by atoms with Crippen LogP contribution in [0.2, 0.25) is 0 Å². The van der Waals surface area contributed by atoms with Gasteiger partial charge in [0.1, 0.15) is 17.8 Å². The zero-order valence-corrected chi connectivity index (χ0v) is 17.6. The molecule has 0 unspecified atom stereocenters. The SMILES string of the molecule is COc1ccc([C@H]2C[C@@H](c3ccc(OC)cc3)n3ncnc3N2C(=O)C(C)C)cc1. The van der Waals surface area contributed by atoms with Crippen LogP contribution in [0.4, 0.5) is 5.95 Å². The highest BCUT2D eigenvalue weighted by molar-refractivity contribution is 5.94. The van der Waals surface area contributed by atoms with Crippen LogP contribution in [0.5, 0.6) is 11.5 Å². The molecule has 156 valence electrons. The average molecular weight is 406 g/mol. The second kappa shape index (κ2) is 8.18. The van der Waals surface area contributed by atoms with Crippen molar-refractivity contribution in [1.29, 1.82) is 0 Å². The van der Waals surface area contributed by atoms with Crippen molar-refractivity contribution in [2.75, 3.05) is 19.1 Å². The number of nitrogens with zero attached hydrogens (tertiary/aromatic N) is 4. The minimum Gasteiger partial charge on any atom is -0.497 e. The van der Waals surface area contributed by atoms with Crippen LogP contribution in [0.25, 0.3) is 0 Å². The average Bonchev–Trinajstić information content (AvgIpc) is 3.27. The molecule has 1 amide bonds. The van der Waals surface area contributed by atoms with E-state index in [0.717, 1.165) is 22.6 Å². The molecule has 0 saturated carbocycles. The lowest BCUT2D eigenvalue weighted by atomic mass is 9.91. The normalized spacial score (nSPS) is 18.2. The molecule has 30 heavy (non-hydrogen) atoms. The van der Waals surface area contributed by atoms with Crippen molar-refractivity contribution in [3.8, 4) is 11.5 Å². The highest BCUT2D eigenvalue weighted by Gasteiger charge is 2.40. The van der Waals surface area contributed by atoms with Crippen molar-refractivity contribution in [3.05, 3.63) is 66.0 Å². The number of fused-ring (bicyclic) bond motifs is 1. The Balaban J connectivity index is 1.80. The van der Waals surface area contributed by atoms with Crippen LogP contribution in [-0.4, -0.2) is 34.9 Å². The van der Waals surface area contributed by atoms with Crippen LogP contribution in [0.1, 0.15) is 43.5 Å². The summed E-state index contributed by atoms with van der Waals surface area (Å²) < 4.78 is 12.5. The Kier molecular flexibility index (Phi) is 5.44. The summed E-state index contributed by atoms with van der Waals surface area (Å²) >= 11 is 0. The molecular weight excluding hydrogens is 380 g/mol. The maximum Gasteiger partial charge on any atom is 0.232 e. The lowest BCUT2D eigenvalue weighted by molar-refractivity contribution is -0.122. The lowest BCUT2D eigenvalue weighted by Crippen LogP contribution is -2.44. The van der Waals surface area contributed by atoms with E-state index in [-0.39, 0.29) is 23.9 Å². The van der Waals surface area contributed by atoms with Crippen molar-refractivity contribution in [1.82, 2.24) is 14.8 Å². The molecule has 7 nitrogen and oxygen atoms in total. The minimum absolute atomic E-state index is 0.0262. The van der Waals surface area contributed by atoms with Gasteiger partial charge in [0.15, 0.2) is 0 Å². The molecule has 1 aliphatic rings. The summed E-state index contributed by atoms with van der Waals surface area (Å²) in [6.45, 7) is 3.81. The monoisotopic (exact) mass is 406 g/mol. The minimum atomic E-state index is -0.159. The quantitative estimate of drug-likeness (QED) is 0.640. The highest BCUT2D eigenvalue weighted by Crippen LogP contribution is 2.42. The fourth-order valence-electron chi connectivity index (χ4n) is 3.94. The predicted molar refractivity (Wildman–Crippen MR) is 114 cm³/mol. The van der Waals surface area contributed by atoms with Gasteiger partial charge < -0.3 is 9.47 Å². The maximum absolute atomic E-state index is 13.2. The fourth-order valence-corrected chi connectivity index (χ4v) is 3.94. The molecule has 2 aromatic carbocycles. The first-order chi connectivity index (χ1) is 14.5. The van der Waals surface area contributed by atoms with E-state index >= 15 is 0 Å². The van der Waals surface area contributed by atoms with Gasteiger partial charge in [-0.05, 0) is 41.8 Å². The molecule has 4 rings (SSSR count). The number of anilines is 1. The molecule has 2 atom stereocenters. The summed E-state index contributed by atoms with van der Waals surface area (Å²) in [4.78, 5) is 19.5. The number of benzene rings is 2. The first-order valence-corrected chi connectivity index (χ1v) is 10.0. The Hall–Kier alpha value is -3.35. The van der Waals surface area contributed by atoms with E-state index in [1.165, 1.54) is 6.33 Å². The number of ether oxygens (including phenoxy) is 2. The molecule has 0 saturated heterocycles. The third-order valence-corrected chi connectivity index (χ3v) is 5.56. The van der Waals surface area contributed by atoms with Gasteiger partial charge in [-0.3, -0.25) is 9.69 Å². The molecule has 0 bridgehead atoms. The van der Waals surface area contributed by atoms with Crippen LogP contribution in [0.3, 0.4) is 0 Å². The Morgan fingerprint density at radius 3 is 1.97 bits per heavy atom. The lowest BCUT2D eigenvalue weighted by Gasteiger charge is -2.40. The number of amides is 1. The third-order valence-electron chi connectivity index (χ3n) is 5.56. The summed E-state index contributed by atoms with van der Waals surface area (Å²) in [7, 11) is 3.30. The Bertz CT molecular complexity index is 1010. The molecular formula is C23H26N4O3. The van der Waals surface area contributed by atoms with Gasteiger partial charge in [-0.2, -0.15) is 10.1 Å². The maximum atomic E-state index is 13.2. The van der Waals surface area contributed by atoms with Crippen molar-refractivity contribution >= 4 is 11.9 Å². The van der Waals surface area contributed by atoms with Crippen molar-refractivity contribution in [2.24, 2.45) is 5.92 Å². The summed E-state index contributed by atoms with van der Waals surface area (Å²) in [6.07, 6.45) is 2.20. The molecule has 0 fully saturated rings. The first-order valence-electron chi connectivity index (χ1n) is 10.0. The van der Waals surface area contributed by atoms with Gasteiger partial charge in [-0.1, -0.05) is 38.1 Å². The van der Waals surface area contributed by atoms with Gasteiger partial charge in [0.05, 0.1) is 26.3 Å². The van der Waals surface area contributed by atoms with Gasteiger partial charge in [0, 0.05) is 5.92 Å². The molecule has 0 N–H and O–H groups in total. The van der Waals surface area contributed by atoms with Gasteiger partial charge in [0.25, 0.3) is 0 Å². The van der Waals surface area contributed by atoms with Crippen LogP contribution in [-0.2, 0) is 4.79 Å². The topological polar surface area (TPSA) is 69.5 Å². The standard InChI is InChI=1S/C23H26N4O3/c1-15(2)22(28)26-20(16-5-9-18(29-3)10-6-16)13-21(27-23(26)24-14-25-27)17-7-11-19(30-4)12-8-17/h5-12,14-15,20-21H,13H2,1-4H3/t20-,21+/m1/s1. The largest absolute Gasteiger partial charge is 0.497 e. The fraction of sp³-hybridized carbons (Fsp3) is 0.348. The molecule has 2 heterocycles. The molecule has 0 radical (unpaired) electrons. The first kappa shape index (κ1) is 19.9. The summed E-state index contributed by atoms with van der Waals surface area (Å²) in [6, 6.07) is 15.7. The molecule has 1 aliphatic heterocycles. The number of hydrogen-bond donors (Lipinski definition) is 0. The van der Waals surface area contributed by atoms with E-state index < -0.39 is 0 Å². The third kappa shape index (κ3) is 3.51. The second-order valence-corrected chi connectivity index (χ2v) is 7.68. The van der Waals surface area contributed by atoms with E-state index in [1.54, 1.807) is 19.1 Å². The number of hydrogen-bond acceptors (Lipinski definition) is 5. The van der Waals surface area contributed by atoms with Gasteiger partial charge in [-0.15, -0.1) is 0 Å². The zero-order valence-electron chi connectivity index (χ0n) is 17.6. The summed E-state index contributed by atoms with van der Waals surface area (Å²) in [5, 5.41) is 4.47. The summed E-state index contributed by atoms with van der Waals surface area (Å²) in [5.41, 5.74) is 2.13. The number of rotatable bonds is 5. The molecule has 1 aromatic heterocycles. The van der Waals surface area contributed by atoms with Crippen LogP contribution < -0.4 is 14.4 Å². The summed E-state index contributed by atoms with van der Waals surface area (Å²) in [5.74, 6) is 2.02. The molecule has 7 heteroatoms. The Morgan fingerprint density at radius 1 is 0.933 bits per heavy atom. The van der Waals surface area contributed by atoms with Gasteiger partial charge in [-0.25, -0.2) is 4.68 Å². The molecule has 0 spiro atoms. The van der Waals surface area contributed by atoms with Crippen molar-refractivity contribution < 1.29 is 14.3 Å². The number of methoxy groups -OCH3 is 2. The van der Waals surface area contributed by atoms with E-state index in [1.807, 2.05) is 67.1 Å². The predicted octanol–water partition coefficient (Wildman–Crippen LogP) is 4.02. The second-order valence-electron chi connectivity index (χ2n) is 7.68. The van der Waals surface area contributed by atoms with Crippen molar-refractivity contribution in [2.45, 2.75) is 32.4 Å². The van der Waals surface area contributed by atoms with Crippen molar-refractivity contribution in [3.63, 3.8) is 0 Å². The van der Waals surface area contributed by atoms with Gasteiger partial charge in [0.2, 0.25) is 11.9 Å².